The van der Waals surface area contributed by atoms with E-state index in [0.29, 0.717) is 0 Å². The highest BCUT2D eigenvalue weighted by molar-refractivity contribution is 5.41. The molecule has 1 aromatic heterocycles. The molecule has 0 unspecified atom stereocenters. The lowest BCUT2D eigenvalue weighted by molar-refractivity contribution is 0.231. The van der Waals surface area contributed by atoms with E-state index in [0.717, 1.165) is 50.5 Å². The molecule has 4 nitrogen and oxygen atoms in total. The van der Waals surface area contributed by atoms with E-state index in [9.17, 15) is 0 Å². The van der Waals surface area contributed by atoms with Gasteiger partial charge in [-0.05, 0) is 36.5 Å². The van der Waals surface area contributed by atoms with Gasteiger partial charge in [-0.2, -0.15) is 0 Å². The fourth-order valence-corrected chi connectivity index (χ4v) is 2.97. The molecule has 0 radical (unpaired) electrons. The average molecular weight is 288 g/mol. The van der Waals surface area contributed by atoms with E-state index in [1.54, 1.807) is 0 Å². The van der Waals surface area contributed by atoms with Gasteiger partial charge in [0.1, 0.15) is 5.82 Å². The van der Waals surface area contributed by atoms with Crippen LogP contribution < -0.4 is 10.2 Å². The maximum Gasteiger partial charge on any atom is 0.128 e. The molecule has 2 aliphatic rings. The summed E-state index contributed by atoms with van der Waals surface area (Å²) in [5.41, 5.74) is 1.36. The summed E-state index contributed by atoms with van der Waals surface area (Å²) in [5.74, 6) is 1.90. The number of aromatic nitrogens is 1. The Hall–Kier alpha value is -1.13. The van der Waals surface area contributed by atoms with Gasteiger partial charge < -0.3 is 10.2 Å². The molecule has 0 amide bonds. The van der Waals surface area contributed by atoms with E-state index in [2.05, 4.69) is 46.1 Å². The highest BCUT2D eigenvalue weighted by Crippen LogP contribution is 2.20. The first-order valence-electron chi connectivity index (χ1n) is 8.36. The second-order valence-corrected chi connectivity index (χ2v) is 6.86. The van der Waals surface area contributed by atoms with Crippen molar-refractivity contribution in [1.82, 2.24) is 15.2 Å². The third-order valence-corrected chi connectivity index (χ3v) is 4.30. The van der Waals surface area contributed by atoms with Gasteiger partial charge in [0, 0.05) is 51.5 Å². The quantitative estimate of drug-likeness (QED) is 0.869. The van der Waals surface area contributed by atoms with E-state index < -0.39 is 0 Å². The van der Waals surface area contributed by atoms with Crippen LogP contribution in [0.3, 0.4) is 0 Å². The van der Waals surface area contributed by atoms with Crippen molar-refractivity contribution in [3.8, 4) is 0 Å². The molecule has 2 heterocycles. The second-order valence-electron chi connectivity index (χ2n) is 6.86. The number of rotatable bonds is 6. The molecule has 1 saturated carbocycles. The van der Waals surface area contributed by atoms with Crippen LogP contribution in [0.1, 0.15) is 32.3 Å². The number of pyridine rings is 1. The largest absolute Gasteiger partial charge is 0.354 e. The minimum atomic E-state index is 0.756. The van der Waals surface area contributed by atoms with Crippen LogP contribution in [0.2, 0.25) is 0 Å². The van der Waals surface area contributed by atoms with Crippen LogP contribution in [0, 0.1) is 5.92 Å². The molecule has 2 fully saturated rings. The summed E-state index contributed by atoms with van der Waals surface area (Å²) in [4.78, 5) is 9.57. The van der Waals surface area contributed by atoms with E-state index in [4.69, 9.17) is 0 Å². The zero-order valence-corrected chi connectivity index (χ0v) is 13.4. The molecule has 1 aliphatic carbocycles. The maximum atomic E-state index is 4.57. The molecule has 1 aliphatic heterocycles. The van der Waals surface area contributed by atoms with Crippen LogP contribution >= 0.6 is 0 Å². The normalized spacial score (nSPS) is 20.2. The summed E-state index contributed by atoms with van der Waals surface area (Å²) in [7, 11) is 0. The Labute approximate surface area is 128 Å². The Morgan fingerprint density at radius 3 is 2.67 bits per heavy atom. The summed E-state index contributed by atoms with van der Waals surface area (Å²) < 4.78 is 0. The number of hydrogen-bond acceptors (Lipinski definition) is 4. The maximum absolute atomic E-state index is 4.57. The summed E-state index contributed by atoms with van der Waals surface area (Å²) in [5, 5.41) is 3.58. The van der Waals surface area contributed by atoms with E-state index >= 15 is 0 Å². The number of nitrogens with zero attached hydrogens (tertiary/aromatic N) is 3. The van der Waals surface area contributed by atoms with Gasteiger partial charge in [0.2, 0.25) is 0 Å². The Kier molecular flexibility index (Phi) is 4.76. The number of hydrogen-bond donors (Lipinski definition) is 1. The lowest BCUT2D eigenvalue weighted by Gasteiger charge is -2.36. The Morgan fingerprint density at radius 2 is 2.00 bits per heavy atom. The first kappa shape index (κ1) is 14.8. The average Bonchev–Trinajstić information content (AvgIpc) is 3.30. The molecule has 1 N–H and O–H groups in total. The van der Waals surface area contributed by atoms with Crippen LogP contribution in [-0.4, -0.2) is 48.6 Å². The Bertz CT molecular complexity index is 448. The summed E-state index contributed by atoms with van der Waals surface area (Å²) in [6.45, 7) is 11.3. The van der Waals surface area contributed by atoms with Crippen LogP contribution in [0.5, 0.6) is 0 Å². The molecule has 0 atom stereocenters. The van der Waals surface area contributed by atoms with Crippen molar-refractivity contribution in [2.45, 2.75) is 39.3 Å². The lowest BCUT2D eigenvalue weighted by atomic mass is 10.2. The molecular weight excluding hydrogens is 260 g/mol. The number of anilines is 1. The predicted octanol–water partition coefficient (Wildman–Crippen LogP) is 2.11. The van der Waals surface area contributed by atoms with Crippen molar-refractivity contribution in [3.05, 3.63) is 23.9 Å². The van der Waals surface area contributed by atoms with Crippen molar-refractivity contribution in [2.75, 3.05) is 37.6 Å². The van der Waals surface area contributed by atoms with Gasteiger partial charge in [0.05, 0.1) is 0 Å². The summed E-state index contributed by atoms with van der Waals surface area (Å²) in [6.07, 6.45) is 4.64. The molecular formula is C17H28N4. The molecule has 116 valence electrons. The van der Waals surface area contributed by atoms with Crippen LogP contribution in [0.4, 0.5) is 5.82 Å². The van der Waals surface area contributed by atoms with E-state index in [1.807, 2.05) is 6.20 Å². The summed E-state index contributed by atoms with van der Waals surface area (Å²) >= 11 is 0. The van der Waals surface area contributed by atoms with Crippen LogP contribution in [-0.2, 0) is 6.54 Å². The number of piperazine rings is 1. The topological polar surface area (TPSA) is 31.4 Å². The van der Waals surface area contributed by atoms with Gasteiger partial charge in [0.15, 0.2) is 0 Å². The van der Waals surface area contributed by atoms with Gasteiger partial charge in [-0.1, -0.05) is 13.8 Å². The SMILES string of the molecule is CC(C)CN1CCN(c2cc(CNC3CC3)ccn2)CC1. The van der Waals surface area contributed by atoms with Crippen molar-refractivity contribution < 1.29 is 0 Å². The van der Waals surface area contributed by atoms with Crippen LogP contribution in [0.15, 0.2) is 18.3 Å². The van der Waals surface area contributed by atoms with Crippen molar-refractivity contribution >= 4 is 5.82 Å². The first-order valence-corrected chi connectivity index (χ1v) is 8.36. The van der Waals surface area contributed by atoms with Gasteiger partial charge in [0.25, 0.3) is 0 Å². The zero-order valence-electron chi connectivity index (χ0n) is 13.4. The third-order valence-electron chi connectivity index (χ3n) is 4.30. The minimum absolute atomic E-state index is 0.756. The molecule has 0 spiro atoms. The lowest BCUT2D eigenvalue weighted by Crippen LogP contribution is -2.47. The molecule has 0 bridgehead atoms. The highest BCUT2D eigenvalue weighted by Gasteiger charge is 2.21. The fourth-order valence-electron chi connectivity index (χ4n) is 2.97. The zero-order chi connectivity index (χ0) is 14.7. The van der Waals surface area contributed by atoms with Crippen molar-refractivity contribution in [1.29, 1.82) is 0 Å². The third kappa shape index (κ3) is 4.42. The Balaban J connectivity index is 1.53. The molecule has 0 aromatic carbocycles. The molecule has 1 saturated heterocycles. The van der Waals surface area contributed by atoms with E-state index in [1.165, 1.54) is 24.9 Å². The monoisotopic (exact) mass is 288 g/mol. The van der Waals surface area contributed by atoms with Crippen molar-refractivity contribution in [3.63, 3.8) is 0 Å². The van der Waals surface area contributed by atoms with Gasteiger partial charge in [-0.15, -0.1) is 0 Å². The highest BCUT2D eigenvalue weighted by atomic mass is 15.3. The minimum Gasteiger partial charge on any atom is -0.354 e. The van der Waals surface area contributed by atoms with Gasteiger partial charge in [-0.3, -0.25) is 4.90 Å². The van der Waals surface area contributed by atoms with Crippen molar-refractivity contribution in [2.24, 2.45) is 5.92 Å². The molecule has 4 heteroatoms. The first-order chi connectivity index (χ1) is 10.2. The smallest absolute Gasteiger partial charge is 0.128 e. The predicted molar refractivity (Wildman–Crippen MR) is 87.6 cm³/mol. The molecule has 1 aromatic rings. The standard InChI is InChI=1S/C17H28N4/c1-14(2)13-20-7-9-21(10-8-20)17-11-15(5-6-18-17)12-19-16-3-4-16/h5-6,11,14,16,19H,3-4,7-10,12-13H2,1-2H3. The van der Waals surface area contributed by atoms with Crippen LogP contribution in [0.25, 0.3) is 0 Å². The second kappa shape index (κ2) is 6.75. The summed E-state index contributed by atoms with van der Waals surface area (Å²) in [6, 6.07) is 5.16. The fraction of sp³-hybridized carbons (Fsp3) is 0.706. The molecule has 21 heavy (non-hydrogen) atoms. The van der Waals surface area contributed by atoms with E-state index in [-0.39, 0.29) is 0 Å². The van der Waals surface area contributed by atoms with Gasteiger partial charge >= 0.3 is 0 Å². The number of nitrogens with one attached hydrogen (secondary N) is 1. The Morgan fingerprint density at radius 1 is 1.24 bits per heavy atom. The molecule has 3 rings (SSSR count). The van der Waals surface area contributed by atoms with Gasteiger partial charge in [-0.25, -0.2) is 4.98 Å².